The molecule has 2 atom stereocenters. The SMILES string of the molecule is CNC(C)Cc1cnc(C2CCCN(C(C)C)C2)s1. The number of rotatable bonds is 5. The molecule has 1 aromatic heterocycles. The highest BCUT2D eigenvalue weighted by atomic mass is 32.1. The minimum Gasteiger partial charge on any atom is -0.317 e. The molecule has 0 saturated carbocycles. The lowest BCUT2D eigenvalue weighted by molar-refractivity contribution is 0.167. The standard InChI is InChI=1S/C15H27N3S/c1-11(2)18-7-5-6-13(10-18)15-17-9-14(19-15)8-12(3)16-4/h9,11-13,16H,5-8,10H2,1-4H3. The lowest BCUT2D eigenvalue weighted by Gasteiger charge is -2.34. The third kappa shape index (κ3) is 4.01. The number of hydrogen-bond acceptors (Lipinski definition) is 4. The number of hydrogen-bond donors (Lipinski definition) is 1. The monoisotopic (exact) mass is 281 g/mol. The van der Waals surface area contributed by atoms with Gasteiger partial charge in [-0.05, 0) is 53.6 Å². The normalized spacial score (nSPS) is 22.9. The van der Waals surface area contributed by atoms with E-state index in [2.05, 4.69) is 42.2 Å². The second kappa shape index (κ2) is 6.82. The summed E-state index contributed by atoms with van der Waals surface area (Å²) in [5.74, 6) is 0.653. The van der Waals surface area contributed by atoms with Crippen molar-refractivity contribution in [1.29, 1.82) is 0 Å². The maximum Gasteiger partial charge on any atom is 0.0971 e. The summed E-state index contributed by atoms with van der Waals surface area (Å²) in [4.78, 5) is 8.69. The zero-order valence-electron chi connectivity index (χ0n) is 12.6. The molecule has 1 N–H and O–H groups in total. The van der Waals surface area contributed by atoms with E-state index in [1.54, 1.807) is 0 Å². The number of thiazole rings is 1. The Bertz CT molecular complexity index is 388. The number of nitrogens with one attached hydrogen (secondary N) is 1. The number of aromatic nitrogens is 1. The Labute approximate surface area is 121 Å². The molecule has 1 aromatic rings. The van der Waals surface area contributed by atoms with Crippen molar-refractivity contribution in [2.75, 3.05) is 20.1 Å². The van der Waals surface area contributed by atoms with Gasteiger partial charge in [0.25, 0.3) is 0 Å². The van der Waals surface area contributed by atoms with Crippen molar-refractivity contribution in [2.45, 2.75) is 58.0 Å². The zero-order chi connectivity index (χ0) is 13.8. The first kappa shape index (κ1) is 14.9. The summed E-state index contributed by atoms with van der Waals surface area (Å²) in [5.41, 5.74) is 0. The van der Waals surface area contributed by atoms with Crippen LogP contribution in [0, 0.1) is 0 Å². The highest BCUT2D eigenvalue weighted by Crippen LogP contribution is 2.31. The van der Waals surface area contributed by atoms with Gasteiger partial charge in [0.05, 0.1) is 5.01 Å². The topological polar surface area (TPSA) is 28.2 Å². The van der Waals surface area contributed by atoms with Crippen molar-refractivity contribution in [3.8, 4) is 0 Å². The van der Waals surface area contributed by atoms with Crippen LogP contribution in [0.2, 0.25) is 0 Å². The molecule has 1 aliphatic heterocycles. The molecular weight excluding hydrogens is 254 g/mol. The van der Waals surface area contributed by atoms with Gasteiger partial charge < -0.3 is 10.2 Å². The summed E-state index contributed by atoms with van der Waals surface area (Å²) in [6, 6.07) is 1.19. The predicted molar refractivity (Wildman–Crippen MR) is 83.0 cm³/mol. The van der Waals surface area contributed by atoms with Gasteiger partial charge in [-0.25, -0.2) is 4.98 Å². The van der Waals surface area contributed by atoms with Crippen molar-refractivity contribution in [3.05, 3.63) is 16.1 Å². The van der Waals surface area contributed by atoms with E-state index >= 15 is 0 Å². The van der Waals surface area contributed by atoms with Crippen molar-refractivity contribution in [1.82, 2.24) is 15.2 Å². The third-order valence-electron chi connectivity index (χ3n) is 4.10. The Hall–Kier alpha value is -0.450. The molecule has 108 valence electrons. The molecule has 3 nitrogen and oxygen atoms in total. The van der Waals surface area contributed by atoms with Gasteiger partial charge in [-0.2, -0.15) is 0 Å². The van der Waals surface area contributed by atoms with E-state index in [4.69, 9.17) is 0 Å². The molecular formula is C15H27N3S. The molecule has 0 amide bonds. The van der Waals surface area contributed by atoms with Crippen molar-refractivity contribution in [2.24, 2.45) is 0 Å². The molecule has 0 aromatic carbocycles. The number of piperidine rings is 1. The first-order valence-electron chi connectivity index (χ1n) is 7.46. The van der Waals surface area contributed by atoms with E-state index in [9.17, 15) is 0 Å². The van der Waals surface area contributed by atoms with Crippen LogP contribution >= 0.6 is 11.3 Å². The van der Waals surface area contributed by atoms with Crippen molar-refractivity contribution in [3.63, 3.8) is 0 Å². The molecule has 0 bridgehead atoms. The van der Waals surface area contributed by atoms with Gasteiger partial charge in [-0.15, -0.1) is 11.3 Å². The van der Waals surface area contributed by atoms with Gasteiger partial charge in [-0.1, -0.05) is 0 Å². The van der Waals surface area contributed by atoms with Gasteiger partial charge in [0.15, 0.2) is 0 Å². The second-order valence-corrected chi connectivity index (χ2v) is 7.13. The van der Waals surface area contributed by atoms with Crippen LogP contribution in [0.5, 0.6) is 0 Å². The van der Waals surface area contributed by atoms with E-state index in [-0.39, 0.29) is 0 Å². The molecule has 0 aliphatic carbocycles. The Kier molecular flexibility index (Phi) is 5.37. The number of likely N-dealkylation sites (tertiary alicyclic amines) is 1. The Morgan fingerprint density at radius 3 is 2.95 bits per heavy atom. The summed E-state index contributed by atoms with van der Waals surface area (Å²) < 4.78 is 0. The molecule has 0 radical (unpaired) electrons. The minimum absolute atomic E-state index is 0.534. The highest BCUT2D eigenvalue weighted by Gasteiger charge is 2.25. The fourth-order valence-electron chi connectivity index (χ4n) is 2.69. The Balaban J connectivity index is 1.97. The van der Waals surface area contributed by atoms with Crippen LogP contribution in [-0.4, -0.2) is 42.1 Å². The van der Waals surface area contributed by atoms with E-state index in [1.807, 2.05) is 18.4 Å². The van der Waals surface area contributed by atoms with Crippen molar-refractivity contribution < 1.29 is 0 Å². The van der Waals surface area contributed by atoms with Crippen LogP contribution in [0.4, 0.5) is 0 Å². The fraction of sp³-hybridized carbons (Fsp3) is 0.800. The highest BCUT2D eigenvalue weighted by molar-refractivity contribution is 7.11. The van der Waals surface area contributed by atoms with Crippen molar-refractivity contribution >= 4 is 11.3 Å². The van der Waals surface area contributed by atoms with Crippen LogP contribution in [0.15, 0.2) is 6.20 Å². The summed E-state index contributed by atoms with van der Waals surface area (Å²) in [6.45, 7) is 9.25. The lowest BCUT2D eigenvalue weighted by atomic mass is 9.98. The molecule has 1 aliphatic rings. The van der Waals surface area contributed by atoms with E-state index in [1.165, 1.54) is 35.8 Å². The van der Waals surface area contributed by atoms with Gasteiger partial charge in [0.2, 0.25) is 0 Å². The summed E-state index contributed by atoms with van der Waals surface area (Å²) in [7, 11) is 2.02. The molecule has 1 saturated heterocycles. The Morgan fingerprint density at radius 1 is 1.47 bits per heavy atom. The summed E-state index contributed by atoms with van der Waals surface area (Å²) in [5, 5.41) is 4.65. The first-order chi connectivity index (χ1) is 9.10. The summed E-state index contributed by atoms with van der Waals surface area (Å²) in [6.07, 6.45) is 5.79. The minimum atomic E-state index is 0.534. The summed E-state index contributed by atoms with van der Waals surface area (Å²) >= 11 is 1.92. The zero-order valence-corrected chi connectivity index (χ0v) is 13.5. The maximum absolute atomic E-state index is 4.69. The van der Waals surface area contributed by atoms with E-state index < -0.39 is 0 Å². The molecule has 2 unspecified atom stereocenters. The number of nitrogens with zero attached hydrogens (tertiary/aromatic N) is 2. The average molecular weight is 281 g/mol. The quantitative estimate of drug-likeness (QED) is 0.899. The molecule has 19 heavy (non-hydrogen) atoms. The Morgan fingerprint density at radius 2 is 2.26 bits per heavy atom. The smallest absolute Gasteiger partial charge is 0.0971 e. The third-order valence-corrected chi connectivity index (χ3v) is 5.29. The lowest BCUT2D eigenvalue weighted by Crippen LogP contribution is -2.39. The fourth-order valence-corrected chi connectivity index (χ4v) is 3.86. The van der Waals surface area contributed by atoms with Crippen LogP contribution in [-0.2, 0) is 6.42 Å². The maximum atomic E-state index is 4.69. The molecule has 2 rings (SSSR count). The molecule has 2 heterocycles. The van der Waals surface area contributed by atoms with Crippen LogP contribution in [0.1, 0.15) is 49.4 Å². The first-order valence-corrected chi connectivity index (χ1v) is 8.27. The van der Waals surface area contributed by atoms with E-state index in [0.717, 1.165) is 6.42 Å². The van der Waals surface area contributed by atoms with Gasteiger partial charge in [0.1, 0.15) is 0 Å². The largest absolute Gasteiger partial charge is 0.317 e. The van der Waals surface area contributed by atoms with Crippen LogP contribution in [0.25, 0.3) is 0 Å². The molecule has 1 fully saturated rings. The molecule has 0 spiro atoms. The average Bonchev–Trinajstić information content (AvgIpc) is 2.87. The van der Waals surface area contributed by atoms with Crippen LogP contribution in [0.3, 0.4) is 0 Å². The van der Waals surface area contributed by atoms with E-state index in [0.29, 0.717) is 18.0 Å². The van der Waals surface area contributed by atoms with Gasteiger partial charge in [-0.3, -0.25) is 0 Å². The predicted octanol–water partition coefficient (Wildman–Crippen LogP) is 2.88. The second-order valence-electron chi connectivity index (χ2n) is 5.99. The van der Waals surface area contributed by atoms with Gasteiger partial charge >= 0.3 is 0 Å². The number of likely N-dealkylation sites (N-methyl/N-ethyl adjacent to an activating group) is 1. The van der Waals surface area contributed by atoms with Gasteiger partial charge in [0, 0.05) is 35.6 Å². The van der Waals surface area contributed by atoms with Crippen LogP contribution < -0.4 is 5.32 Å². The molecule has 4 heteroatoms.